The fraction of sp³-hybridized carbons (Fsp3) is 0.810. The van der Waals surface area contributed by atoms with Gasteiger partial charge in [0.15, 0.2) is 11.6 Å². The number of allylic oxidation sites excluding steroid dienone is 1. The zero-order chi connectivity index (χ0) is 17.1. The van der Waals surface area contributed by atoms with Crippen LogP contribution in [0.1, 0.15) is 65.2 Å². The van der Waals surface area contributed by atoms with Gasteiger partial charge < -0.3 is 5.11 Å². The molecule has 0 aromatic carbocycles. The molecule has 6 atom stereocenters. The van der Waals surface area contributed by atoms with Crippen molar-refractivity contribution in [2.45, 2.75) is 65.2 Å². The van der Waals surface area contributed by atoms with E-state index in [4.69, 9.17) is 0 Å². The van der Waals surface area contributed by atoms with Gasteiger partial charge in [-0.3, -0.25) is 9.59 Å². The molecule has 4 rings (SSSR count). The topological polar surface area (TPSA) is 54.4 Å². The van der Waals surface area contributed by atoms with Gasteiger partial charge in [0, 0.05) is 12.3 Å². The summed E-state index contributed by atoms with van der Waals surface area (Å²) in [5.41, 5.74) is 1.70. The molecule has 3 fully saturated rings. The number of Topliss-reactive ketones (excluding diaryl/α,β-unsaturated/α-hetero) is 1. The van der Waals surface area contributed by atoms with Crippen LogP contribution in [0.3, 0.4) is 0 Å². The van der Waals surface area contributed by atoms with E-state index in [1.807, 2.05) is 6.08 Å². The van der Waals surface area contributed by atoms with E-state index in [1.54, 1.807) is 0 Å². The lowest BCUT2D eigenvalue weighted by atomic mass is 9.46. The normalized spacial score (nSPS) is 43.8. The lowest BCUT2D eigenvalue weighted by Crippen LogP contribution is -2.51. The molecule has 148 valence electrons. The Bertz CT molecular complexity index is 616. The molecule has 0 radical (unpaired) electrons. The number of carbonyl (C=O) groups excluding carboxylic acids is 2. The Morgan fingerprint density at radius 3 is 2.50 bits per heavy atom. The molecule has 3 nitrogen and oxygen atoms in total. The number of hydrogen-bond donors (Lipinski definition) is 1. The molecular formula is C21H32Cl2O3. The summed E-state index contributed by atoms with van der Waals surface area (Å²) in [6.07, 6.45) is 10.3. The highest BCUT2D eigenvalue weighted by Crippen LogP contribution is 2.66. The van der Waals surface area contributed by atoms with Gasteiger partial charge in [0.1, 0.15) is 6.61 Å². The van der Waals surface area contributed by atoms with Crippen molar-refractivity contribution in [1.29, 1.82) is 0 Å². The monoisotopic (exact) mass is 402 g/mol. The van der Waals surface area contributed by atoms with Gasteiger partial charge in [-0.15, -0.1) is 24.8 Å². The maximum Gasteiger partial charge on any atom is 0.161 e. The first-order valence-electron chi connectivity index (χ1n) is 9.77. The van der Waals surface area contributed by atoms with Crippen molar-refractivity contribution in [2.24, 2.45) is 34.5 Å². The smallest absolute Gasteiger partial charge is 0.161 e. The van der Waals surface area contributed by atoms with Gasteiger partial charge >= 0.3 is 0 Å². The molecule has 5 heteroatoms. The quantitative estimate of drug-likeness (QED) is 0.737. The number of hydrogen-bond acceptors (Lipinski definition) is 3. The Labute approximate surface area is 169 Å². The summed E-state index contributed by atoms with van der Waals surface area (Å²) in [7, 11) is 0. The fourth-order valence-electron chi connectivity index (χ4n) is 7.20. The molecular weight excluding hydrogens is 371 g/mol. The summed E-state index contributed by atoms with van der Waals surface area (Å²) < 4.78 is 0. The molecule has 1 N–H and O–H groups in total. The highest BCUT2D eigenvalue weighted by molar-refractivity contribution is 5.91. The van der Waals surface area contributed by atoms with E-state index >= 15 is 0 Å². The minimum Gasteiger partial charge on any atom is -0.389 e. The van der Waals surface area contributed by atoms with Gasteiger partial charge in [-0.2, -0.15) is 0 Å². The van der Waals surface area contributed by atoms with Crippen molar-refractivity contribution in [1.82, 2.24) is 0 Å². The molecule has 0 bridgehead atoms. The van der Waals surface area contributed by atoms with Gasteiger partial charge in [0.05, 0.1) is 0 Å². The van der Waals surface area contributed by atoms with Gasteiger partial charge in [0.25, 0.3) is 0 Å². The summed E-state index contributed by atoms with van der Waals surface area (Å²) in [5, 5.41) is 9.36. The molecule has 0 spiro atoms. The second-order valence-corrected chi connectivity index (χ2v) is 9.27. The van der Waals surface area contributed by atoms with Gasteiger partial charge in [-0.25, -0.2) is 0 Å². The van der Waals surface area contributed by atoms with Gasteiger partial charge in [-0.05, 0) is 79.6 Å². The lowest BCUT2D eigenvalue weighted by Gasteiger charge is -2.58. The van der Waals surface area contributed by atoms with E-state index in [-0.39, 0.29) is 54.0 Å². The molecule has 4 aliphatic rings. The predicted octanol–water partition coefficient (Wildman–Crippen LogP) is 4.54. The number of halogens is 2. The van der Waals surface area contributed by atoms with Crippen LogP contribution in [0, 0.1) is 34.5 Å². The van der Waals surface area contributed by atoms with Crippen LogP contribution in [0.15, 0.2) is 11.6 Å². The molecule has 0 saturated heterocycles. The van der Waals surface area contributed by atoms with Crippen LogP contribution in [0.25, 0.3) is 0 Å². The average molecular weight is 403 g/mol. The van der Waals surface area contributed by atoms with E-state index in [9.17, 15) is 14.7 Å². The van der Waals surface area contributed by atoms with Crippen LogP contribution in [0.2, 0.25) is 0 Å². The highest BCUT2D eigenvalue weighted by Gasteiger charge is 2.59. The molecule has 0 aliphatic heterocycles. The van der Waals surface area contributed by atoms with Crippen LogP contribution >= 0.6 is 24.8 Å². The maximum absolute atomic E-state index is 12.3. The molecule has 26 heavy (non-hydrogen) atoms. The second-order valence-electron chi connectivity index (χ2n) is 9.27. The van der Waals surface area contributed by atoms with Crippen molar-refractivity contribution in [3.05, 3.63) is 11.6 Å². The van der Waals surface area contributed by atoms with Crippen molar-refractivity contribution in [2.75, 3.05) is 6.61 Å². The third-order valence-electron chi connectivity index (χ3n) is 8.51. The summed E-state index contributed by atoms with van der Waals surface area (Å²) in [6.45, 7) is 4.42. The third-order valence-corrected chi connectivity index (χ3v) is 8.51. The van der Waals surface area contributed by atoms with Crippen LogP contribution < -0.4 is 0 Å². The van der Waals surface area contributed by atoms with E-state index in [0.717, 1.165) is 32.1 Å². The molecule has 3 saturated carbocycles. The Morgan fingerprint density at radius 2 is 1.81 bits per heavy atom. The third kappa shape index (κ3) is 2.99. The minimum atomic E-state index is -0.298. The maximum atomic E-state index is 12.3. The van der Waals surface area contributed by atoms with Crippen molar-refractivity contribution in [3.8, 4) is 0 Å². The Hall–Kier alpha value is -0.380. The van der Waals surface area contributed by atoms with Gasteiger partial charge in [0.2, 0.25) is 0 Å². The van der Waals surface area contributed by atoms with E-state index in [1.165, 1.54) is 18.4 Å². The first kappa shape index (κ1) is 21.9. The molecule has 0 aromatic rings. The van der Waals surface area contributed by atoms with Crippen molar-refractivity contribution < 1.29 is 14.7 Å². The Morgan fingerprint density at radius 1 is 1.08 bits per heavy atom. The predicted molar refractivity (Wildman–Crippen MR) is 107 cm³/mol. The average Bonchev–Trinajstić information content (AvgIpc) is 2.92. The second kappa shape index (κ2) is 7.56. The summed E-state index contributed by atoms with van der Waals surface area (Å²) >= 11 is 0. The first-order chi connectivity index (χ1) is 11.4. The molecule has 4 aliphatic carbocycles. The van der Waals surface area contributed by atoms with Crippen LogP contribution in [0.4, 0.5) is 0 Å². The lowest BCUT2D eigenvalue weighted by molar-refractivity contribution is -0.133. The number of aliphatic hydroxyl groups excluding tert-OH is 1. The standard InChI is InChI=1S/C21H30O3.2ClH/c1-20-9-7-14(23)11-13(20)3-4-15-16-5-6-18(19(24)12-22)21(16,2)10-8-17(15)20;;/h11,15-18,22H,3-10,12H2,1-2H3;2*1H/t15-,16-,17-,18+,20-,21-;;/m0../s1. The Kier molecular flexibility index (Phi) is 6.37. The van der Waals surface area contributed by atoms with Gasteiger partial charge in [-0.1, -0.05) is 19.4 Å². The number of rotatable bonds is 2. The number of fused-ring (bicyclic) bond motifs is 5. The van der Waals surface area contributed by atoms with Crippen molar-refractivity contribution in [3.63, 3.8) is 0 Å². The van der Waals surface area contributed by atoms with E-state index in [0.29, 0.717) is 30.0 Å². The molecule has 0 amide bonds. The minimum absolute atomic E-state index is 0. The summed E-state index contributed by atoms with van der Waals surface area (Å²) in [5.74, 6) is 2.42. The number of ketones is 2. The van der Waals surface area contributed by atoms with Crippen LogP contribution in [0.5, 0.6) is 0 Å². The molecule has 0 heterocycles. The van der Waals surface area contributed by atoms with Crippen LogP contribution in [-0.4, -0.2) is 23.3 Å². The SMILES string of the molecule is C[C@]12CC[C@H]3[C@@H](CCC4=CC(=O)CC[C@@]43C)[C@@H]1CC[C@@H]2C(=O)CO.Cl.Cl. The fourth-order valence-corrected chi connectivity index (χ4v) is 7.20. The van der Waals surface area contributed by atoms with E-state index < -0.39 is 0 Å². The number of aliphatic hydroxyl groups is 1. The Balaban J connectivity index is 0.00000121. The summed E-state index contributed by atoms with van der Waals surface area (Å²) in [4.78, 5) is 24.1. The van der Waals surface area contributed by atoms with Crippen LogP contribution in [-0.2, 0) is 9.59 Å². The van der Waals surface area contributed by atoms with E-state index in [2.05, 4.69) is 13.8 Å². The molecule has 0 aromatic heterocycles. The highest BCUT2D eigenvalue weighted by atomic mass is 35.5. The largest absolute Gasteiger partial charge is 0.389 e. The molecule has 0 unspecified atom stereocenters. The first-order valence-corrected chi connectivity index (χ1v) is 9.77. The zero-order valence-corrected chi connectivity index (χ0v) is 17.5. The summed E-state index contributed by atoms with van der Waals surface area (Å²) in [6, 6.07) is 0. The van der Waals surface area contributed by atoms with Crippen molar-refractivity contribution >= 4 is 36.4 Å². The zero-order valence-electron chi connectivity index (χ0n) is 15.8. The number of carbonyl (C=O) groups is 2.